The molecule has 2 aromatic rings. The summed E-state index contributed by atoms with van der Waals surface area (Å²) in [5.41, 5.74) is 2.40. The largest absolute Gasteiger partial charge is 0.497 e. The Morgan fingerprint density at radius 1 is 0.633 bits per heavy atom. The molecule has 0 atom stereocenters. The van der Waals surface area contributed by atoms with Gasteiger partial charge in [0.05, 0.1) is 25.7 Å². The van der Waals surface area contributed by atoms with Crippen molar-refractivity contribution < 1.29 is 37.0 Å². The molecule has 0 aromatic heterocycles. The van der Waals surface area contributed by atoms with Crippen molar-refractivity contribution in [2.24, 2.45) is 11.8 Å². The number of sulfone groups is 1. The Hall–Kier alpha value is -3.47. The number of piperidine rings is 2. The van der Waals surface area contributed by atoms with Gasteiger partial charge >= 0.3 is 12.2 Å². The number of methoxy groups -OCH3 is 2. The van der Waals surface area contributed by atoms with Gasteiger partial charge in [-0.2, -0.15) is 0 Å². The molecule has 272 valence electrons. The van der Waals surface area contributed by atoms with Gasteiger partial charge in [-0.15, -0.1) is 0 Å². The van der Waals surface area contributed by atoms with Crippen LogP contribution in [-0.4, -0.2) is 82.0 Å². The van der Waals surface area contributed by atoms with Gasteiger partial charge in [-0.05, 0) is 138 Å². The lowest BCUT2D eigenvalue weighted by molar-refractivity contribution is 0.0173. The van der Waals surface area contributed by atoms with Crippen LogP contribution >= 0.6 is 0 Å². The van der Waals surface area contributed by atoms with Crippen molar-refractivity contribution in [3.63, 3.8) is 0 Å². The second-order valence-electron chi connectivity index (χ2n) is 15.5. The molecule has 10 nitrogen and oxygen atoms in total. The molecule has 2 aliphatic heterocycles. The lowest BCUT2D eigenvalue weighted by Crippen LogP contribution is -2.42. The minimum Gasteiger partial charge on any atom is -0.497 e. The van der Waals surface area contributed by atoms with Gasteiger partial charge in [0.15, 0.2) is 9.84 Å². The van der Waals surface area contributed by atoms with Crippen molar-refractivity contribution in [2.45, 2.75) is 103 Å². The third-order valence-corrected chi connectivity index (χ3v) is 10.6. The zero-order valence-corrected chi connectivity index (χ0v) is 31.5. The molecular weight excluding hydrogens is 644 g/mol. The highest BCUT2D eigenvalue weighted by Crippen LogP contribution is 2.31. The molecule has 2 amide bonds. The predicted molar refractivity (Wildman–Crippen MR) is 191 cm³/mol. The van der Waals surface area contributed by atoms with Gasteiger partial charge in [-0.1, -0.05) is 12.1 Å². The maximum Gasteiger partial charge on any atom is 0.410 e. The van der Waals surface area contributed by atoms with Crippen molar-refractivity contribution in [3.05, 3.63) is 58.7 Å². The molecule has 0 N–H and O–H groups in total. The van der Waals surface area contributed by atoms with Crippen molar-refractivity contribution in [2.75, 3.05) is 40.4 Å². The van der Waals surface area contributed by atoms with Crippen molar-refractivity contribution in [3.8, 4) is 11.5 Å². The molecule has 2 aliphatic rings. The van der Waals surface area contributed by atoms with Crippen LogP contribution in [0.25, 0.3) is 0 Å². The first-order chi connectivity index (χ1) is 22.9. The average molecular weight is 701 g/mol. The Morgan fingerprint density at radius 2 is 0.980 bits per heavy atom. The molecule has 0 bridgehead atoms. The van der Waals surface area contributed by atoms with E-state index < -0.39 is 21.0 Å². The fourth-order valence-electron chi connectivity index (χ4n) is 6.56. The number of benzene rings is 2. The minimum atomic E-state index is -3.55. The van der Waals surface area contributed by atoms with Crippen molar-refractivity contribution >= 4 is 22.0 Å². The molecule has 49 heavy (non-hydrogen) atoms. The zero-order valence-electron chi connectivity index (χ0n) is 30.7. The number of rotatable bonds is 10. The molecule has 2 saturated heterocycles. The molecule has 0 radical (unpaired) electrons. The summed E-state index contributed by atoms with van der Waals surface area (Å²) in [7, 11) is -0.324. The van der Waals surface area contributed by atoms with E-state index in [0.29, 0.717) is 62.4 Å². The maximum absolute atomic E-state index is 13.9. The van der Waals surface area contributed by atoms with Crippen LogP contribution in [0.5, 0.6) is 11.5 Å². The predicted octanol–water partition coefficient (Wildman–Crippen LogP) is 7.20. The van der Waals surface area contributed by atoms with E-state index in [0.717, 1.165) is 47.9 Å². The monoisotopic (exact) mass is 700 g/mol. The molecule has 2 heterocycles. The topological polar surface area (TPSA) is 112 Å². The summed E-state index contributed by atoms with van der Waals surface area (Å²) in [6, 6.07) is 11.3. The highest BCUT2D eigenvalue weighted by atomic mass is 32.2. The van der Waals surface area contributed by atoms with Gasteiger partial charge in [0, 0.05) is 26.2 Å². The minimum absolute atomic E-state index is 0.0805. The Kier molecular flexibility index (Phi) is 12.5. The summed E-state index contributed by atoms with van der Waals surface area (Å²) < 4.78 is 49.8. The Bertz CT molecular complexity index is 1430. The summed E-state index contributed by atoms with van der Waals surface area (Å²) in [4.78, 5) is 28.7. The van der Waals surface area contributed by atoms with Crippen LogP contribution in [0.15, 0.2) is 36.4 Å². The number of hydrogen-bond donors (Lipinski definition) is 0. The number of nitrogens with zero attached hydrogens (tertiary/aromatic N) is 2. The number of amides is 2. The van der Waals surface area contributed by atoms with Gasteiger partial charge in [-0.25, -0.2) is 18.0 Å². The fourth-order valence-corrected chi connectivity index (χ4v) is 8.17. The smallest absolute Gasteiger partial charge is 0.410 e. The average Bonchev–Trinajstić information content (AvgIpc) is 3.01. The van der Waals surface area contributed by atoms with E-state index >= 15 is 0 Å². The lowest BCUT2D eigenvalue weighted by Gasteiger charge is -2.33. The summed E-state index contributed by atoms with van der Waals surface area (Å²) in [6.07, 6.45) is 4.10. The van der Waals surface area contributed by atoms with E-state index in [2.05, 4.69) is 0 Å². The molecule has 0 aliphatic carbocycles. The summed E-state index contributed by atoms with van der Waals surface area (Å²) in [5, 5.41) is 0. The molecule has 0 unspecified atom stereocenters. The molecule has 0 saturated carbocycles. The lowest BCUT2D eigenvalue weighted by atomic mass is 9.88. The summed E-state index contributed by atoms with van der Waals surface area (Å²) in [5.74, 6) is 1.84. The highest BCUT2D eigenvalue weighted by molar-refractivity contribution is 7.89. The van der Waals surface area contributed by atoms with Crippen LogP contribution in [0.3, 0.4) is 0 Å². The van der Waals surface area contributed by atoms with E-state index in [-0.39, 0.29) is 23.7 Å². The Morgan fingerprint density at radius 3 is 1.29 bits per heavy atom. The molecule has 2 aromatic carbocycles. The zero-order chi connectivity index (χ0) is 36.0. The van der Waals surface area contributed by atoms with Crippen molar-refractivity contribution in [1.82, 2.24) is 9.80 Å². The van der Waals surface area contributed by atoms with E-state index in [9.17, 15) is 18.0 Å². The second-order valence-corrected chi connectivity index (χ2v) is 17.6. The third-order valence-electron chi connectivity index (χ3n) is 9.13. The van der Waals surface area contributed by atoms with E-state index in [4.69, 9.17) is 18.9 Å². The normalized spacial score (nSPS) is 16.7. The number of likely N-dealkylation sites (tertiary alicyclic amines) is 2. The highest BCUT2D eigenvalue weighted by Gasteiger charge is 2.30. The standard InChI is InChI=1S/C38H56N2O8S/c1-37(2,3)47-35(41)39-17-13-27(14-18-39)21-31-23-33(45-7)11-9-29(31)25-49(43,44)26-30-10-12-34(46-8)24-32(30)22-28-15-19-40(20-16-28)36(42)48-38(4,5)6/h9-12,23-24,27-28H,13-22,25-26H2,1-8H3. The van der Waals surface area contributed by atoms with Crippen LogP contribution in [0, 0.1) is 11.8 Å². The van der Waals surface area contributed by atoms with Crippen LogP contribution in [0.1, 0.15) is 89.5 Å². The van der Waals surface area contributed by atoms with Crippen LogP contribution < -0.4 is 9.47 Å². The number of hydrogen-bond acceptors (Lipinski definition) is 8. The van der Waals surface area contributed by atoms with Gasteiger partial charge in [-0.3, -0.25) is 0 Å². The van der Waals surface area contributed by atoms with Gasteiger partial charge in [0.2, 0.25) is 0 Å². The maximum atomic E-state index is 13.9. The molecular formula is C38H56N2O8S. The van der Waals surface area contributed by atoms with E-state index in [1.54, 1.807) is 24.0 Å². The summed E-state index contributed by atoms with van der Waals surface area (Å²) in [6.45, 7) is 13.6. The number of carbonyl (C=O) groups is 2. The molecule has 11 heteroatoms. The van der Waals surface area contributed by atoms with Gasteiger partial charge < -0.3 is 28.7 Å². The second kappa shape index (κ2) is 16.0. The fraction of sp³-hybridized carbons (Fsp3) is 0.632. The third kappa shape index (κ3) is 11.8. The van der Waals surface area contributed by atoms with Crippen LogP contribution in [0.2, 0.25) is 0 Å². The molecule has 0 spiro atoms. The number of ether oxygens (including phenoxy) is 4. The Balaban J connectivity index is 1.43. The summed E-state index contributed by atoms with van der Waals surface area (Å²) >= 11 is 0. The molecule has 4 rings (SSSR count). The van der Waals surface area contributed by atoms with Crippen LogP contribution in [-0.2, 0) is 43.7 Å². The van der Waals surface area contributed by atoms with Crippen molar-refractivity contribution in [1.29, 1.82) is 0 Å². The molecule has 2 fully saturated rings. The quantitative estimate of drug-likeness (QED) is 0.256. The number of carbonyl (C=O) groups excluding carboxylic acids is 2. The first kappa shape index (κ1) is 38.3. The first-order valence-electron chi connectivity index (χ1n) is 17.4. The van der Waals surface area contributed by atoms with Crippen LogP contribution in [0.4, 0.5) is 9.59 Å². The van der Waals surface area contributed by atoms with Gasteiger partial charge in [0.25, 0.3) is 0 Å². The first-order valence-corrected chi connectivity index (χ1v) is 19.2. The van der Waals surface area contributed by atoms with E-state index in [1.165, 1.54) is 0 Å². The SMILES string of the molecule is COc1ccc(CS(=O)(=O)Cc2ccc(OC)cc2CC2CCN(C(=O)OC(C)(C)C)CC2)c(CC2CCN(C(=O)OC(C)(C)C)CC2)c1. The van der Waals surface area contributed by atoms with E-state index in [1.807, 2.05) is 77.9 Å². The Labute approximate surface area is 293 Å². The van der Waals surface area contributed by atoms with Gasteiger partial charge in [0.1, 0.15) is 22.7 Å².